The van der Waals surface area contributed by atoms with Crippen LogP contribution in [-0.4, -0.2) is 73.7 Å². The molecule has 0 aliphatic carbocycles. The van der Waals surface area contributed by atoms with E-state index in [4.69, 9.17) is 5.11 Å². The summed E-state index contributed by atoms with van der Waals surface area (Å²) in [5.74, 6) is -1.73. The molecule has 7 nitrogen and oxygen atoms in total. The van der Waals surface area contributed by atoms with Crippen LogP contribution < -0.4 is 15.5 Å². The first-order valence-electron chi connectivity index (χ1n) is 9.85. The Kier molecular flexibility index (Phi) is 6.68. The molecule has 1 aromatic carbocycles. The van der Waals surface area contributed by atoms with E-state index in [2.05, 4.69) is 20.4 Å². The number of aliphatic carboxylic acids is 1. The van der Waals surface area contributed by atoms with Gasteiger partial charge in [-0.15, -0.1) is 0 Å². The Balaban J connectivity index is 1.49. The van der Waals surface area contributed by atoms with Gasteiger partial charge >= 0.3 is 5.97 Å². The zero-order chi connectivity index (χ0) is 19.2. The van der Waals surface area contributed by atoms with Crippen molar-refractivity contribution < 1.29 is 14.7 Å². The SMILES string of the molecule is CC(CNC(=O)c1ccc(N2CCN(C3CCNCC3)CC2)cc1)C(=O)O. The minimum absolute atomic E-state index is 0.133. The molecule has 2 saturated heterocycles. The summed E-state index contributed by atoms with van der Waals surface area (Å²) in [4.78, 5) is 28.0. The number of carboxylic acid groups (broad SMARTS) is 1. The average molecular weight is 374 g/mol. The average Bonchev–Trinajstić information content (AvgIpc) is 2.72. The Morgan fingerprint density at radius 3 is 2.37 bits per heavy atom. The second kappa shape index (κ2) is 9.19. The lowest BCUT2D eigenvalue weighted by atomic mass is 10.0. The van der Waals surface area contributed by atoms with Crippen LogP contribution in [0.1, 0.15) is 30.1 Å². The van der Waals surface area contributed by atoms with Crippen molar-refractivity contribution in [2.24, 2.45) is 5.92 Å². The molecule has 1 atom stereocenters. The molecular weight excluding hydrogens is 344 g/mol. The number of nitrogens with one attached hydrogen (secondary N) is 2. The number of piperazine rings is 1. The van der Waals surface area contributed by atoms with Crippen LogP contribution in [0.15, 0.2) is 24.3 Å². The van der Waals surface area contributed by atoms with Crippen molar-refractivity contribution in [3.05, 3.63) is 29.8 Å². The van der Waals surface area contributed by atoms with Gasteiger partial charge in [-0.25, -0.2) is 0 Å². The van der Waals surface area contributed by atoms with Crippen molar-refractivity contribution >= 4 is 17.6 Å². The zero-order valence-electron chi connectivity index (χ0n) is 16.0. The quantitative estimate of drug-likeness (QED) is 0.689. The molecule has 0 spiro atoms. The highest BCUT2D eigenvalue weighted by atomic mass is 16.4. The van der Waals surface area contributed by atoms with Crippen LogP contribution in [0.2, 0.25) is 0 Å². The summed E-state index contributed by atoms with van der Waals surface area (Å²) in [6, 6.07) is 8.31. The zero-order valence-corrected chi connectivity index (χ0v) is 16.0. The third-order valence-corrected chi connectivity index (χ3v) is 5.62. The number of hydrogen-bond acceptors (Lipinski definition) is 5. The van der Waals surface area contributed by atoms with Gasteiger partial charge in [0.15, 0.2) is 0 Å². The molecule has 1 aromatic rings. The maximum absolute atomic E-state index is 12.1. The molecule has 2 aliphatic rings. The molecule has 0 saturated carbocycles. The van der Waals surface area contributed by atoms with Crippen LogP contribution in [0.5, 0.6) is 0 Å². The molecule has 148 valence electrons. The fourth-order valence-electron chi connectivity index (χ4n) is 3.78. The van der Waals surface area contributed by atoms with Crippen molar-refractivity contribution in [3.63, 3.8) is 0 Å². The number of amides is 1. The van der Waals surface area contributed by atoms with E-state index in [0.717, 1.165) is 45.0 Å². The second-order valence-electron chi connectivity index (χ2n) is 7.50. The first-order chi connectivity index (χ1) is 13.0. The van der Waals surface area contributed by atoms with Crippen molar-refractivity contribution in [2.45, 2.75) is 25.8 Å². The fourth-order valence-corrected chi connectivity index (χ4v) is 3.78. The molecule has 0 aromatic heterocycles. The van der Waals surface area contributed by atoms with E-state index in [9.17, 15) is 9.59 Å². The number of carbonyl (C=O) groups excluding carboxylic acids is 1. The molecule has 1 unspecified atom stereocenters. The maximum Gasteiger partial charge on any atom is 0.308 e. The van der Waals surface area contributed by atoms with E-state index >= 15 is 0 Å². The van der Waals surface area contributed by atoms with Gasteiger partial charge in [-0.1, -0.05) is 6.92 Å². The van der Waals surface area contributed by atoms with Crippen LogP contribution in [0.4, 0.5) is 5.69 Å². The molecule has 2 fully saturated rings. The minimum Gasteiger partial charge on any atom is -0.481 e. The van der Waals surface area contributed by atoms with Crippen molar-refractivity contribution in [1.29, 1.82) is 0 Å². The summed E-state index contributed by atoms with van der Waals surface area (Å²) in [5, 5.41) is 15.0. The topological polar surface area (TPSA) is 84.9 Å². The van der Waals surface area contributed by atoms with E-state index in [1.165, 1.54) is 12.8 Å². The summed E-state index contributed by atoms with van der Waals surface area (Å²) >= 11 is 0. The number of rotatable bonds is 6. The summed E-state index contributed by atoms with van der Waals surface area (Å²) in [7, 11) is 0. The molecule has 0 radical (unpaired) electrons. The first kappa shape index (κ1) is 19.6. The van der Waals surface area contributed by atoms with E-state index < -0.39 is 11.9 Å². The van der Waals surface area contributed by atoms with Gasteiger partial charge in [-0.2, -0.15) is 0 Å². The van der Waals surface area contributed by atoms with Crippen molar-refractivity contribution in [3.8, 4) is 0 Å². The lowest BCUT2D eigenvalue weighted by Crippen LogP contribution is -2.52. The molecule has 3 N–H and O–H groups in total. The standard InChI is InChI=1S/C20H30N4O3/c1-15(20(26)27)14-22-19(25)16-2-4-17(5-3-16)23-10-12-24(13-11-23)18-6-8-21-9-7-18/h2-5,15,18,21H,6-14H2,1H3,(H,22,25)(H,26,27). The highest BCUT2D eigenvalue weighted by molar-refractivity contribution is 5.94. The molecule has 3 rings (SSSR count). The summed E-state index contributed by atoms with van der Waals surface area (Å²) in [5.41, 5.74) is 1.69. The molecule has 1 amide bonds. The van der Waals surface area contributed by atoms with E-state index in [0.29, 0.717) is 11.6 Å². The van der Waals surface area contributed by atoms with Gasteiger partial charge in [0.05, 0.1) is 5.92 Å². The van der Waals surface area contributed by atoms with Gasteiger partial charge in [0.2, 0.25) is 0 Å². The van der Waals surface area contributed by atoms with E-state index in [1.807, 2.05) is 24.3 Å². The number of anilines is 1. The van der Waals surface area contributed by atoms with Crippen molar-refractivity contribution in [2.75, 3.05) is 50.7 Å². The smallest absolute Gasteiger partial charge is 0.308 e. The van der Waals surface area contributed by atoms with E-state index in [1.54, 1.807) is 6.92 Å². The summed E-state index contributed by atoms with van der Waals surface area (Å²) < 4.78 is 0. The fraction of sp³-hybridized carbons (Fsp3) is 0.600. The monoisotopic (exact) mass is 374 g/mol. The Morgan fingerprint density at radius 1 is 1.15 bits per heavy atom. The highest BCUT2D eigenvalue weighted by Gasteiger charge is 2.25. The maximum atomic E-state index is 12.1. The minimum atomic E-state index is -0.908. The lowest BCUT2D eigenvalue weighted by molar-refractivity contribution is -0.140. The van der Waals surface area contributed by atoms with Gasteiger partial charge in [0, 0.05) is 50.0 Å². The third kappa shape index (κ3) is 5.20. The van der Waals surface area contributed by atoms with Crippen LogP contribution >= 0.6 is 0 Å². The van der Waals surface area contributed by atoms with Gasteiger partial charge in [-0.3, -0.25) is 14.5 Å². The predicted octanol–water partition coefficient (Wildman–Crippen LogP) is 1.01. The van der Waals surface area contributed by atoms with Gasteiger partial charge in [-0.05, 0) is 50.2 Å². The normalized spacial score (nSPS) is 20.3. The molecule has 27 heavy (non-hydrogen) atoms. The first-order valence-corrected chi connectivity index (χ1v) is 9.85. The van der Waals surface area contributed by atoms with Crippen LogP contribution in [0, 0.1) is 5.92 Å². The molecule has 2 aliphatic heterocycles. The van der Waals surface area contributed by atoms with E-state index in [-0.39, 0.29) is 12.5 Å². The summed E-state index contributed by atoms with van der Waals surface area (Å²) in [6.07, 6.45) is 2.48. The highest BCUT2D eigenvalue weighted by Crippen LogP contribution is 2.20. The van der Waals surface area contributed by atoms with Crippen LogP contribution in [-0.2, 0) is 4.79 Å². The summed E-state index contributed by atoms with van der Waals surface area (Å²) in [6.45, 7) is 8.14. The number of carboxylic acids is 1. The number of benzene rings is 1. The largest absolute Gasteiger partial charge is 0.481 e. The number of hydrogen-bond donors (Lipinski definition) is 3. The number of nitrogens with zero attached hydrogens (tertiary/aromatic N) is 2. The molecular formula is C20H30N4O3. The Hall–Kier alpha value is -2.12. The number of carbonyl (C=O) groups is 2. The lowest BCUT2D eigenvalue weighted by Gasteiger charge is -2.41. The van der Waals surface area contributed by atoms with Gasteiger partial charge < -0.3 is 20.6 Å². The molecule has 2 heterocycles. The third-order valence-electron chi connectivity index (χ3n) is 5.62. The van der Waals surface area contributed by atoms with Gasteiger partial charge in [0.25, 0.3) is 5.91 Å². The van der Waals surface area contributed by atoms with Crippen LogP contribution in [0.25, 0.3) is 0 Å². The van der Waals surface area contributed by atoms with Gasteiger partial charge in [0.1, 0.15) is 0 Å². The van der Waals surface area contributed by atoms with Crippen molar-refractivity contribution in [1.82, 2.24) is 15.5 Å². The second-order valence-corrected chi connectivity index (χ2v) is 7.50. The Bertz CT molecular complexity index is 635. The van der Waals surface area contributed by atoms with Crippen LogP contribution in [0.3, 0.4) is 0 Å². The Labute approximate surface area is 160 Å². The number of piperidine rings is 1. The Morgan fingerprint density at radius 2 is 1.78 bits per heavy atom. The predicted molar refractivity (Wildman–Crippen MR) is 105 cm³/mol. The molecule has 0 bridgehead atoms. The molecule has 7 heteroatoms.